The first-order valence-corrected chi connectivity index (χ1v) is 7.55. The van der Waals surface area contributed by atoms with E-state index in [9.17, 15) is 4.39 Å². The Hall–Kier alpha value is -2.41. The average Bonchev–Trinajstić information content (AvgIpc) is 3.02. The molecule has 1 heterocycles. The van der Waals surface area contributed by atoms with Gasteiger partial charge in [-0.2, -0.15) is 4.68 Å². The van der Waals surface area contributed by atoms with Gasteiger partial charge in [-0.05, 0) is 40.3 Å². The van der Waals surface area contributed by atoms with Gasteiger partial charge in [0.25, 0.3) is 0 Å². The van der Waals surface area contributed by atoms with Gasteiger partial charge in [0.05, 0.1) is 12.8 Å². The summed E-state index contributed by atoms with van der Waals surface area (Å²) >= 11 is 1.44. The van der Waals surface area contributed by atoms with Crippen molar-refractivity contribution in [1.82, 2.24) is 20.2 Å². The number of tetrazole rings is 1. The van der Waals surface area contributed by atoms with Crippen LogP contribution >= 0.6 is 11.8 Å². The monoisotopic (exact) mass is 316 g/mol. The molecule has 3 aromatic rings. The summed E-state index contributed by atoms with van der Waals surface area (Å²) in [6.45, 7) is 0. The Morgan fingerprint density at radius 2 is 2.00 bits per heavy atom. The standard InChI is InChI=1S/C15H13FN4OS/c1-21-14-8-7-11(9-13(14)16)10-22-15-17-18-19-20(15)12-5-3-2-4-6-12/h2-9H,10H2,1H3. The molecular weight excluding hydrogens is 303 g/mol. The van der Waals surface area contributed by atoms with E-state index in [-0.39, 0.29) is 11.6 Å². The smallest absolute Gasteiger partial charge is 0.214 e. The maximum Gasteiger partial charge on any atom is 0.214 e. The van der Waals surface area contributed by atoms with Crippen molar-refractivity contribution in [2.24, 2.45) is 0 Å². The Kier molecular flexibility index (Phi) is 4.34. The minimum absolute atomic E-state index is 0.239. The van der Waals surface area contributed by atoms with Crippen LogP contribution in [0.15, 0.2) is 53.7 Å². The van der Waals surface area contributed by atoms with Gasteiger partial charge in [-0.25, -0.2) is 4.39 Å². The molecule has 0 aliphatic rings. The first-order valence-electron chi connectivity index (χ1n) is 6.57. The van der Waals surface area contributed by atoms with Crippen LogP contribution in [-0.2, 0) is 5.75 Å². The van der Waals surface area contributed by atoms with E-state index in [1.54, 1.807) is 10.7 Å². The molecule has 2 aromatic carbocycles. The largest absolute Gasteiger partial charge is 0.494 e. The van der Waals surface area contributed by atoms with Gasteiger partial charge in [0.1, 0.15) is 0 Å². The fourth-order valence-corrected chi connectivity index (χ4v) is 2.78. The molecule has 0 aliphatic carbocycles. The third-order valence-corrected chi connectivity index (χ3v) is 4.02. The number of aromatic nitrogens is 4. The number of rotatable bonds is 5. The molecule has 0 spiro atoms. The van der Waals surface area contributed by atoms with E-state index in [0.29, 0.717) is 10.9 Å². The molecule has 22 heavy (non-hydrogen) atoms. The van der Waals surface area contributed by atoms with Gasteiger partial charge in [-0.3, -0.25) is 0 Å². The van der Waals surface area contributed by atoms with Crippen molar-refractivity contribution in [2.45, 2.75) is 10.9 Å². The van der Waals surface area contributed by atoms with Gasteiger partial charge in [-0.1, -0.05) is 36.0 Å². The highest BCUT2D eigenvalue weighted by atomic mass is 32.2. The van der Waals surface area contributed by atoms with Crippen LogP contribution in [0.2, 0.25) is 0 Å². The van der Waals surface area contributed by atoms with Crippen LogP contribution < -0.4 is 4.74 Å². The Morgan fingerprint density at radius 3 is 2.73 bits per heavy atom. The second-order valence-electron chi connectivity index (χ2n) is 4.47. The Morgan fingerprint density at radius 1 is 1.18 bits per heavy atom. The normalized spacial score (nSPS) is 10.6. The number of hydrogen-bond acceptors (Lipinski definition) is 5. The number of benzene rings is 2. The molecule has 5 nitrogen and oxygen atoms in total. The SMILES string of the molecule is COc1ccc(CSc2nnnn2-c2ccccc2)cc1F. The molecule has 0 saturated carbocycles. The lowest BCUT2D eigenvalue weighted by molar-refractivity contribution is 0.386. The van der Waals surface area contributed by atoms with Gasteiger partial charge < -0.3 is 4.74 Å². The zero-order chi connectivity index (χ0) is 15.4. The Labute approximate surface area is 131 Å². The van der Waals surface area contributed by atoms with Crippen molar-refractivity contribution in [1.29, 1.82) is 0 Å². The van der Waals surface area contributed by atoms with Crippen LogP contribution in [0.1, 0.15) is 5.56 Å². The average molecular weight is 316 g/mol. The second kappa shape index (κ2) is 6.57. The third-order valence-electron chi connectivity index (χ3n) is 3.03. The summed E-state index contributed by atoms with van der Waals surface area (Å²) in [6, 6.07) is 14.5. The Bertz CT molecular complexity index is 763. The van der Waals surface area contributed by atoms with Gasteiger partial charge in [-0.15, -0.1) is 5.10 Å². The fourth-order valence-electron chi connectivity index (χ4n) is 1.95. The number of halogens is 1. The van der Waals surface area contributed by atoms with Gasteiger partial charge in [0.15, 0.2) is 11.6 Å². The molecule has 0 atom stereocenters. The summed E-state index contributed by atoms with van der Waals surface area (Å²) in [5, 5.41) is 12.4. The second-order valence-corrected chi connectivity index (χ2v) is 5.41. The molecule has 0 unspecified atom stereocenters. The van der Waals surface area contributed by atoms with Crippen LogP contribution in [0.3, 0.4) is 0 Å². The molecule has 0 N–H and O–H groups in total. The zero-order valence-electron chi connectivity index (χ0n) is 11.8. The number of hydrogen-bond donors (Lipinski definition) is 0. The van der Waals surface area contributed by atoms with E-state index in [0.717, 1.165) is 11.3 Å². The molecule has 0 saturated heterocycles. The van der Waals surface area contributed by atoms with E-state index in [1.807, 2.05) is 36.4 Å². The van der Waals surface area contributed by atoms with Crippen LogP contribution in [0.5, 0.6) is 5.75 Å². The highest BCUT2D eigenvalue weighted by Crippen LogP contribution is 2.25. The van der Waals surface area contributed by atoms with E-state index < -0.39 is 0 Å². The van der Waals surface area contributed by atoms with Crippen LogP contribution in [0.25, 0.3) is 5.69 Å². The highest BCUT2D eigenvalue weighted by Gasteiger charge is 2.10. The number of para-hydroxylation sites is 1. The zero-order valence-corrected chi connectivity index (χ0v) is 12.6. The van der Waals surface area contributed by atoms with Crippen LogP contribution in [-0.4, -0.2) is 27.3 Å². The summed E-state index contributed by atoms with van der Waals surface area (Å²) in [5.74, 6) is 0.430. The summed E-state index contributed by atoms with van der Waals surface area (Å²) in [7, 11) is 1.45. The van der Waals surface area contributed by atoms with Crippen LogP contribution in [0, 0.1) is 5.82 Å². The number of thioether (sulfide) groups is 1. The molecule has 0 bridgehead atoms. The minimum atomic E-state index is -0.372. The first-order chi connectivity index (χ1) is 10.8. The van der Waals surface area contributed by atoms with E-state index in [1.165, 1.54) is 24.9 Å². The van der Waals surface area contributed by atoms with E-state index in [2.05, 4.69) is 15.5 Å². The molecule has 0 aliphatic heterocycles. The van der Waals surface area contributed by atoms with Crippen molar-refractivity contribution >= 4 is 11.8 Å². The molecule has 1 aromatic heterocycles. The van der Waals surface area contributed by atoms with Crippen molar-refractivity contribution in [3.8, 4) is 11.4 Å². The lowest BCUT2D eigenvalue weighted by atomic mass is 10.2. The summed E-state index contributed by atoms with van der Waals surface area (Å²) in [5.41, 5.74) is 1.72. The number of methoxy groups -OCH3 is 1. The molecule has 0 fully saturated rings. The van der Waals surface area contributed by atoms with Gasteiger partial charge in [0.2, 0.25) is 5.16 Å². The van der Waals surface area contributed by atoms with Crippen molar-refractivity contribution in [2.75, 3.05) is 7.11 Å². The quantitative estimate of drug-likeness (QED) is 0.677. The molecule has 0 amide bonds. The Balaban J connectivity index is 1.75. The summed E-state index contributed by atoms with van der Waals surface area (Å²) in [4.78, 5) is 0. The number of nitrogens with zero attached hydrogens (tertiary/aromatic N) is 4. The molecular formula is C15H13FN4OS. The van der Waals surface area contributed by atoms with E-state index >= 15 is 0 Å². The van der Waals surface area contributed by atoms with E-state index in [4.69, 9.17) is 4.74 Å². The predicted molar refractivity (Wildman–Crippen MR) is 81.7 cm³/mol. The summed E-state index contributed by atoms with van der Waals surface area (Å²) in [6.07, 6.45) is 0. The lowest BCUT2D eigenvalue weighted by Crippen LogP contribution is -1.98. The highest BCUT2D eigenvalue weighted by molar-refractivity contribution is 7.98. The maximum absolute atomic E-state index is 13.7. The number of ether oxygens (including phenoxy) is 1. The van der Waals surface area contributed by atoms with Crippen molar-refractivity contribution < 1.29 is 9.13 Å². The topological polar surface area (TPSA) is 52.8 Å². The maximum atomic E-state index is 13.7. The van der Waals surface area contributed by atoms with Crippen molar-refractivity contribution in [3.05, 3.63) is 59.9 Å². The predicted octanol–water partition coefficient (Wildman–Crippen LogP) is 3.10. The molecule has 112 valence electrons. The van der Waals surface area contributed by atoms with Crippen LogP contribution in [0.4, 0.5) is 4.39 Å². The fraction of sp³-hybridized carbons (Fsp3) is 0.133. The van der Waals surface area contributed by atoms with Gasteiger partial charge in [0, 0.05) is 5.75 Å². The van der Waals surface area contributed by atoms with Gasteiger partial charge >= 0.3 is 0 Å². The summed E-state index contributed by atoms with van der Waals surface area (Å²) < 4.78 is 20.2. The third kappa shape index (κ3) is 3.09. The lowest BCUT2D eigenvalue weighted by Gasteiger charge is -2.06. The first kappa shape index (κ1) is 14.5. The van der Waals surface area contributed by atoms with Crippen molar-refractivity contribution in [3.63, 3.8) is 0 Å². The molecule has 3 rings (SSSR count). The molecule has 0 radical (unpaired) electrons. The minimum Gasteiger partial charge on any atom is -0.494 e. The molecule has 7 heteroatoms.